The summed E-state index contributed by atoms with van der Waals surface area (Å²) in [6.45, 7) is 6.89. The number of ether oxygens (including phenoxy) is 2. The number of rotatable bonds is 8. The lowest BCUT2D eigenvalue weighted by Gasteiger charge is -2.33. The van der Waals surface area contributed by atoms with Crippen molar-refractivity contribution in [2.75, 3.05) is 19.7 Å². The first kappa shape index (κ1) is 28.3. The van der Waals surface area contributed by atoms with Crippen molar-refractivity contribution in [1.82, 2.24) is 10.3 Å². The van der Waals surface area contributed by atoms with Gasteiger partial charge in [0.25, 0.3) is 5.91 Å². The highest BCUT2D eigenvalue weighted by atomic mass is 19.1. The molecule has 10 heteroatoms. The standard InChI is InChI=1S/C27H36FN3O6/c1-16(22-11-23(14-29-18(3)32)37-27(35)13-22)21-5-6-24(25(28)12-21)17(2)20-7-9-30-31(10-8-20)26(34)15-36-19(4)33/h5-6,9,12,16-17,20,22-23H,7-8,10-11,13-15H2,1-4H3,(H,29,32). The van der Waals surface area contributed by atoms with Crippen LogP contribution in [0.3, 0.4) is 0 Å². The van der Waals surface area contributed by atoms with Crippen LogP contribution in [0.4, 0.5) is 4.39 Å². The Morgan fingerprint density at radius 1 is 1.22 bits per heavy atom. The van der Waals surface area contributed by atoms with Crippen LogP contribution in [0.5, 0.6) is 0 Å². The van der Waals surface area contributed by atoms with E-state index in [1.807, 2.05) is 26.0 Å². The molecule has 0 radical (unpaired) electrons. The number of halogens is 1. The molecule has 1 aromatic carbocycles. The molecule has 5 unspecified atom stereocenters. The molecule has 0 spiro atoms. The van der Waals surface area contributed by atoms with Crippen LogP contribution >= 0.6 is 0 Å². The summed E-state index contributed by atoms with van der Waals surface area (Å²) in [6, 6.07) is 5.29. The normalized spacial score (nSPS) is 23.4. The van der Waals surface area contributed by atoms with E-state index >= 15 is 4.39 Å². The molecule has 9 nitrogen and oxygen atoms in total. The fourth-order valence-corrected chi connectivity index (χ4v) is 5.03. The summed E-state index contributed by atoms with van der Waals surface area (Å²) in [5.74, 6) is -1.81. The minimum Gasteiger partial charge on any atom is -0.460 e. The van der Waals surface area contributed by atoms with Crippen molar-refractivity contribution < 1.29 is 33.0 Å². The van der Waals surface area contributed by atoms with E-state index in [0.29, 0.717) is 31.4 Å². The summed E-state index contributed by atoms with van der Waals surface area (Å²) in [7, 11) is 0. The van der Waals surface area contributed by atoms with Crippen LogP contribution in [0, 0.1) is 17.7 Å². The van der Waals surface area contributed by atoms with Gasteiger partial charge in [-0.2, -0.15) is 5.10 Å². The first-order valence-electron chi connectivity index (χ1n) is 12.7. The summed E-state index contributed by atoms with van der Waals surface area (Å²) < 4.78 is 25.5. The van der Waals surface area contributed by atoms with Gasteiger partial charge in [-0.1, -0.05) is 26.0 Å². The third-order valence-corrected chi connectivity index (χ3v) is 7.35. The largest absolute Gasteiger partial charge is 0.460 e. The molecule has 2 aliphatic heterocycles. The van der Waals surface area contributed by atoms with E-state index in [0.717, 1.165) is 5.56 Å². The molecule has 0 saturated carbocycles. The van der Waals surface area contributed by atoms with Crippen LogP contribution in [0.25, 0.3) is 0 Å². The number of hydrazone groups is 1. The van der Waals surface area contributed by atoms with Crippen molar-refractivity contribution >= 4 is 30.0 Å². The zero-order chi connectivity index (χ0) is 27.1. The van der Waals surface area contributed by atoms with Crippen LogP contribution in [-0.2, 0) is 28.7 Å². The van der Waals surface area contributed by atoms with Gasteiger partial charge in [-0.3, -0.25) is 19.2 Å². The maximum Gasteiger partial charge on any atom is 0.306 e. The maximum absolute atomic E-state index is 15.3. The van der Waals surface area contributed by atoms with Crippen molar-refractivity contribution in [1.29, 1.82) is 0 Å². The predicted molar refractivity (Wildman–Crippen MR) is 134 cm³/mol. The van der Waals surface area contributed by atoms with E-state index in [2.05, 4.69) is 10.4 Å². The quantitative estimate of drug-likeness (QED) is 0.530. The van der Waals surface area contributed by atoms with Gasteiger partial charge in [0.15, 0.2) is 6.61 Å². The number of benzene rings is 1. The molecule has 1 aromatic rings. The number of cyclic esters (lactones) is 1. The molecule has 1 saturated heterocycles. The van der Waals surface area contributed by atoms with Gasteiger partial charge in [0.2, 0.25) is 5.91 Å². The Morgan fingerprint density at radius 3 is 2.65 bits per heavy atom. The molecule has 2 amide bonds. The lowest BCUT2D eigenvalue weighted by Crippen LogP contribution is -2.39. The SMILES string of the molecule is CC(=O)NCC1CC(C(C)c2ccc(C(C)C3CC=NN(C(=O)COC(C)=O)CC3)c(F)c2)CC(=O)O1. The van der Waals surface area contributed by atoms with E-state index < -0.39 is 11.9 Å². The van der Waals surface area contributed by atoms with Crippen LogP contribution < -0.4 is 5.32 Å². The molecular weight excluding hydrogens is 481 g/mol. The highest BCUT2D eigenvalue weighted by Gasteiger charge is 2.33. The molecule has 1 fully saturated rings. The van der Waals surface area contributed by atoms with E-state index in [4.69, 9.17) is 9.47 Å². The van der Waals surface area contributed by atoms with Gasteiger partial charge in [-0.05, 0) is 60.1 Å². The average Bonchev–Trinajstić information content (AvgIpc) is 3.11. The Labute approximate surface area is 216 Å². The number of hydrogen-bond acceptors (Lipinski definition) is 7. The smallest absolute Gasteiger partial charge is 0.306 e. The third kappa shape index (κ3) is 7.84. The molecule has 3 rings (SSSR count). The van der Waals surface area contributed by atoms with Crippen LogP contribution in [0.1, 0.15) is 76.3 Å². The van der Waals surface area contributed by atoms with Crippen LogP contribution in [-0.4, -0.2) is 60.8 Å². The summed E-state index contributed by atoms with van der Waals surface area (Å²) in [5, 5.41) is 8.18. The van der Waals surface area contributed by atoms with Gasteiger partial charge in [-0.15, -0.1) is 0 Å². The number of hydrogen-bond donors (Lipinski definition) is 1. The number of nitrogens with one attached hydrogen (secondary N) is 1. The lowest BCUT2D eigenvalue weighted by molar-refractivity contribution is -0.157. The first-order valence-corrected chi connectivity index (χ1v) is 12.7. The summed E-state index contributed by atoms with van der Waals surface area (Å²) >= 11 is 0. The van der Waals surface area contributed by atoms with Gasteiger partial charge in [0, 0.05) is 33.0 Å². The second-order valence-corrected chi connectivity index (χ2v) is 9.99. The molecule has 202 valence electrons. The summed E-state index contributed by atoms with van der Waals surface area (Å²) in [4.78, 5) is 46.5. The molecular formula is C27H36FN3O6. The fourth-order valence-electron chi connectivity index (χ4n) is 5.03. The fraction of sp³-hybridized carbons (Fsp3) is 0.593. The van der Waals surface area contributed by atoms with Crippen molar-refractivity contribution in [3.8, 4) is 0 Å². The Morgan fingerprint density at radius 2 is 1.97 bits per heavy atom. The number of amides is 2. The number of carbonyl (C=O) groups is 4. The second kappa shape index (κ2) is 12.8. The molecule has 37 heavy (non-hydrogen) atoms. The minimum absolute atomic E-state index is 0.0174. The van der Waals surface area contributed by atoms with E-state index in [1.54, 1.807) is 12.3 Å². The average molecular weight is 518 g/mol. The molecule has 5 atom stereocenters. The monoisotopic (exact) mass is 517 g/mol. The lowest BCUT2D eigenvalue weighted by atomic mass is 9.78. The highest BCUT2D eigenvalue weighted by Crippen LogP contribution is 2.37. The second-order valence-electron chi connectivity index (χ2n) is 9.99. The Bertz CT molecular complexity index is 1040. The van der Waals surface area contributed by atoms with Crippen molar-refractivity contribution in [2.24, 2.45) is 16.9 Å². The molecule has 2 aliphatic rings. The van der Waals surface area contributed by atoms with Crippen LogP contribution in [0.15, 0.2) is 23.3 Å². The Balaban J connectivity index is 1.63. The molecule has 0 aromatic heterocycles. The van der Waals surface area contributed by atoms with Crippen molar-refractivity contribution in [3.63, 3.8) is 0 Å². The maximum atomic E-state index is 15.3. The zero-order valence-corrected chi connectivity index (χ0v) is 21.9. The number of nitrogens with zero attached hydrogens (tertiary/aromatic N) is 2. The molecule has 0 bridgehead atoms. The predicted octanol–water partition coefficient (Wildman–Crippen LogP) is 3.28. The van der Waals surface area contributed by atoms with Gasteiger partial charge < -0.3 is 14.8 Å². The van der Waals surface area contributed by atoms with E-state index in [9.17, 15) is 19.2 Å². The van der Waals surface area contributed by atoms with Crippen molar-refractivity contribution in [3.05, 3.63) is 35.1 Å². The van der Waals surface area contributed by atoms with Gasteiger partial charge in [-0.25, -0.2) is 9.40 Å². The van der Waals surface area contributed by atoms with Gasteiger partial charge in [0.05, 0.1) is 6.54 Å². The minimum atomic E-state index is -0.528. The number of esters is 2. The third-order valence-electron chi connectivity index (χ3n) is 7.35. The van der Waals surface area contributed by atoms with Gasteiger partial charge in [0.1, 0.15) is 11.9 Å². The molecule has 0 aliphatic carbocycles. The summed E-state index contributed by atoms with van der Waals surface area (Å²) in [6.07, 6.45) is 3.35. The Hall–Kier alpha value is -3.30. The van der Waals surface area contributed by atoms with E-state index in [1.165, 1.54) is 18.9 Å². The van der Waals surface area contributed by atoms with Crippen molar-refractivity contribution in [2.45, 2.75) is 71.3 Å². The molecule has 1 N–H and O–H groups in total. The Kier molecular flexibility index (Phi) is 9.77. The molecule has 2 heterocycles. The highest BCUT2D eigenvalue weighted by molar-refractivity contribution is 5.80. The topological polar surface area (TPSA) is 114 Å². The first-order chi connectivity index (χ1) is 17.5. The summed E-state index contributed by atoms with van der Waals surface area (Å²) in [5.41, 5.74) is 1.41. The zero-order valence-electron chi connectivity index (χ0n) is 21.9. The van der Waals surface area contributed by atoms with Gasteiger partial charge >= 0.3 is 11.9 Å². The van der Waals surface area contributed by atoms with E-state index in [-0.39, 0.29) is 67.0 Å². The van der Waals surface area contributed by atoms with Crippen LogP contribution in [0.2, 0.25) is 0 Å². The number of carbonyl (C=O) groups excluding carboxylic acids is 4.